The predicted molar refractivity (Wildman–Crippen MR) is 113 cm³/mol. The van der Waals surface area contributed by atoms with Crippen molar-refractivity contribution in [3.8, 4) is 0 Å². The van der Waals surface area contributed by atoms with Crippen LogP contribution in [0.3, 0.4) is 0 Å². The summed E-state index contributed by atoms with van der Waals surface area (Å²) >= 11 is 19.0. The fourth-order valence-corrected chi connectivity index (χ4v) is 4.36. The number of aliphatic hydroxyl groups excluding tert-OH is 1. The van der Waals surface area contributed by atoms with E-state index in [0.29, 0.717) is 15.1 Å². The van der Waals surface area contributed by atoms with Crippen LogP contribution in [0.4, 0.5) is 11.6 Å². The Hall–Kier alpha value is -1.46. The molecule has 1 aliphatic rings. The summed E-state index contributed by atoms with van der Waals surface area (Å²) in [6, 6.07) is 9.34. The highest BCUT2D eigenvalue weighted by molar-refractivity contribution is 6.36. The van der Waals surface area contributed by atoms with E-state index in [4.69, 9.17) is 39.8 Å². The van der Waals surface area contributed by atoms with Gasteiger partial charge in [-0.15, -0.1) is 0 Å². The molecular weight excluding hydrogens is 405 g/mol. The lowest BCUT2D eigenvalue weighted by atomic mass is 9.84. The number of fused-ring (bicyclic) bond motifs is 3. The highest BCUT2D eigenvalue weighted by Crippen LogP contribution is 2.41. The lowest BCUT2D eigenvalue weighted by Gasteiger charge is -2.31. The molecule has 0 atom stereocenters. The number of hydrogen-bond donors (Lipinski definition) is 1. The Morgan fingerprint density at radius 3 is 2.56 bits per heavy atom. The first kappa shape index (κ1) is 18.9. The molecule has 0 saturated heterocycles. The second-order valence-corrected chi connectivity index (χ2v) is 8.75. The summed E-state index contributed by atoms with van der Waals surface area (Å²) in [7, 11) is 0. The molecule has 1 aliphatic heterocycles. The van der Waals surface area contributed by atoms with Crippen LogP contribution in [0.25, 0.3) is 11.0 Å². The molecule has 1 aromatic heterocycles. The number of imidazole rings is 1. The third-order valence-corrected chi connectivity index (χ3v) is 6.00. The van der Waals surface area contributed by atoms with Gasteiger partial charge in [-0.1, -0.05) is 54.7 Å². The number of anilines is 2. The van der Waals surface area contributed by atoms with Crippen molar-refractivity contribution >= 4 is 57.5 Å². The van der Waals surface area contributed by atoms with Crippen LogP contribution in [-0.2, 0) is 12.0 Å². The van der Waals surface area contributed by atoms with Gasteiger partial charge in [0.2, 0.25) is 5.95 Å². The molecule has 0 bridgehead atoms. The topological polar surface area (TPSA) is 41.3 Å². The van der Waals surface area contributed by atoms with Gasteiger partial charge in [0.05, 0.1) is 27.9 Å². The van der Waals surface area contributed by atoms with Gasteiger partial charge in [0.1, 0.15) is 5.52 Å². The Morgan fingerprint density at radius 1 is 1.07 bits per heavy atom. The minimum atomic E-state index is -0.403. The van der Waals surface area contributed by atoms with E-state index in [1.807, 2.05) is 38.1 Å². The number of halogens is 3. The Kier molecular flexibility index (Phi) is 4.79. The van der Waals surface area contributed by atoms with Gasteiger partial charge in [-0.2, -0.15) is 0 Å². The molecule has 142 valence electrons. The summed E-state index contributed by atoms with van der Waals surface area (Å²) in [5.74, 6) is 0.809. The minimum absolute atomic E-state index is 0.0387. The van der Waals surface area contributed by atoms with Crippen molar-refractivity contribution in [2.24, 2.45) is 0 Å². The van der Waals surface area contributed by atoms with E-state index in [1.54, 1.807) is 6.07 Å². The van der Waals surface area contributed by atoms with Crippen LogP contribution in [-0.4, -0.2) is 27.8 Å². The van der Waals surface area contributed by atoms with E-state index in [9.17, 15) is 5.11 Å². The molecule has 7 heteroatoms. The summed E-state index contributed by atoms with van der Waals surface area (Å²) in [6.45, 7) is 5.72. The lowest BCUT2D eigenvalue weighted by Crippen LogP contribution is -2.29. The molecule has 27 heavy (non-hydrogen) atoms. The van der Waals surface area contributed by atoms with Crippen molar-refractivity contribution < 1.29 is 5.11 Å². The molecule has 2 aromatic carbocycles. The van der Waals surface area contributed by atoms with Crippen LogP contribution in [0, 0.1) is 0 Å². The van der Waals surface area contributed by atoms with E-state index >= 15 is 0 Å². The van der Waals surface area contributed by atoms with E-state index in [0.717, 1.165) is 47.7 Å². The first-order valence-corrected chi connectivity index (χ1v) is 9.99. The van der Waals surface area contributed by atoms with Crippen molar-refractivity contribution in [3.63, 3.8) is 0 Å². The van der Waals surface area contributed by atoms with Crippen LogP contribution in [0.5, 0.6) is 0 Å². The maximum atomic E-state index is 9.91. The molecule has 4 rings (SSSR count). The van der Waals surface area contributed by atoms with Gasteiger partial charge < -0.3 is 14.6 Å². The number of rotatable bonds is 3. The summed E-state index contributed by atoms with van der Waals surface area (Å²) in [5, 5.41) is 11.7. The van der Waals surface area contributed by atoms with E-state index in [2.05, 4.69) is 9.47 Å². The second kappa shape index (κ2) is 6.85. The zero-order valence-corrected chi connectivity index (χ0v) is 17.4. The highest BCUT2D eigenvalue weighted by Gasteiger charge is 2.30. The normalized spacial score (nSPS) is 14.7. The molecule has 0 unspecified atom stereocenters. The molecule has 0 spiro atoms. The fraction of sp³-hybridized carbons (Fsp3) is 0.350. The van der Waals surface area contributed by atoms with Gasteiger partial charge in [0, 0.05) is 23.5 Å². The Bertz CT molecular complexity index is 1030. The Labute approximate surface area is 173 Å². The zero-order valence-electron chi connectivity index (χ0n) is 15.1. The van der Waals surface area contributed by atoms with Gasteiger partial charge in [0.15, 0.2) is 0 Å². The van der Waals surface area contributed by atoms with Crippen LogP contribution >= 0.6 is 34.8 Å². The van der Waals surface area contributed by atoms with Gasteiger partial charge >= 0.3 is 0 Å². The van der Waals surface area contributed by atoms with Crippen LogP contribution in [0.1, 0.15) is 25.8 Å². The Morgan fingerprint density at radius 2 is 1.85 bits per heavy atom. The quantitative estimate of drug-likeness (QED) is 0.577. The summed E-state index contributed by atoms with van der Waals surface area (Å²) in [6.07, 6.45) is 0.947. The smallest absolute Gasteiger partial charge is 0.211 e. The summed E-state index contributed by atoms with van der Waals surface area (Å²) in [5.41, 5.74) is 3.23. The first-order valence-electron chi connectivity index (χ1n) is 8.86. The molecule has 0 amide bonds. The Balaban J connectivity index is 1.97. The van der Waals surface area contributed by atoms with Crippen LogP contribution in [0.2, 0.25) is 15.1 Å². The van der Waals surface area contributed by atoms with Crippen molar-refractivity contribution in [3.05, 3.63) is 51.0 Å². The summed E-state index contributed by atoms with van der Waals surface area (Å²) < 4.78 is 2.18. The van der Waals surface area contributed by atoms with Crippen molar-refractivity contribution in [2.45, 2.75) is 32.2 Å². The molecular formula is C20H20Cl3N3O. The number of nitrogens with zero attached hydrogens (tertiary/aromatic N) is 3. The molecule has 0 saturated carbocycles. The maximum Gasteiger partial charge on any atom is 0.211 e. The molecule has 3 aromatic rings. The molecule has 0 aliphatic carbocycles. The van der Waals surface area contributed by atoms with Crippen molar-refractivity contribution in [1.29, 1.82) is 0 Å². The average Bonchev–Trinajstić information content (AvgIpc) is 3.03. The van der Waals surface area contributed by atoms with Crippen molar-refractivity contribution in [1.82, 2.24) is 9.55 Å². The van der Waals surface area contributed by atoms with Gasteiger partial charge in [-0.05, 0) is 36.2 Å². The van der Waals surface area contributed by atoms with Gasteiger partial charge in [0.25, 0.3) is 0 Å². The third-order valence-electron chi connectivity index (χ3n) is 5.15. The summed E-state index contributed by atoms with van der Waals surface area (Å²) in [4.78, 5) is 6.97. The monoisotopic (exact) mass is 423 g/mol. The van der Waals surface area contributed by atoms with Crippen LogP contribution in [0.15, 0.2) is 30.3 Å². The highest BCUT2D eigenvalue weighted by atomic mass is 35.5. The van der Waals surface area contributed by atoms with Gasteiger partial charge in [-0.3, -0.25) is 0 Å². The van der Waals surface area contributed by atoms with E-state index in [-0.39, 0.29) is 6.61 Å². The number of aromatic nitrogens is 2. The maximum absolute atomic E-state index is 9.91. The third kappa shape index (κ3) is 3.09. The molecule has 4 nitrogen and oxygen atoms in total. The predicted octanol–water partition coefficient (Wildman–Crippen LogP) is 5.81. The van der Waals surface area contributed by atoms with Gasteiger partial charge in [-0.25, -0.2) is 4.98 Å². The number of hydrogen-bond acceptors (Lipinski definition) is 3. The second-order valence-electron chi connectivity index (χ2n) is 7.50. The van der Waals surface area contributed by atoms with E-state index < -0.39 is 5.41 Å². The standard InChI is InChI=1S/C20H20Cl3N3O/c1-20(2,11-27)13-5-6-14(22)17-18(13)26-9-3-8-25(19(26)24-17)16-7-4-12(21)10-15(16)23/h4-7,10,27H,3,8-9,11H2,1-2H3. The molecule has 0 radical (unpaired) electrons. The number of aliphatic hydroxyl groups is 1. The average molecular weight is 425 g/mol. The number of benzene rings is 2. The SMILES string of the molecule is CC(C)(CO)c1ccc(Cl)c2nc3n(c12)CCCN3c1ccc(Cl)cc1Cl. The fourth-order valence-electron chi connectivity index (χ4n) is 3.66. The number of aryl methyl sites for hydroxylation is 1. The van der Waals surface area contributed by atoms with Crippen LogP contribution < -0.4 is 4.90 Å². The molecule has 1 N–H and O–H groups in total. The van der Waals surface area contributed by atoms with Crippen molar-refractivity contribution in [2.75, 3.05) is 18.1 Å². The zero-order chi connectivity index (χ0) is 19.3. The minimum Gasteiger partial charge on any atom is -0.395 e. The first-order chi connectivity index (χ1) is 12.8. The molecule has 0 fully saturated rings. The molecule has 2 heterocycles. The largest absolute Gasteiger partial charge is 0.395 e. The van der Waals surface area contributed by atoms with E-state index in [1.165, 1.54) is 0 Å². The lowest BCUT2D eigenvalue weighted by molar-refractivity contribution is 0.219.